The molecule has 1 saturated heterocycles. The van der Waals surface area contributed by atoms with Gasteiger partial charge in [-0.3, -0.25) is 19.3 Å². The summed E-state index contributed by atoms with van der Waals surface area (Å²) in [5.41, 5.74) is 0. The Morgan fingerprint density at radius 3 is 2.65 bits per heavy atom. The summed E-state index contributed by atoms with van der Waals surface area (Å²) in [5.74, 6) is -1.96. The molecule has 0 spiro atoms. The fraction of sp³-hybridized carbons (Fsp3) is 0.333. The number of hydrogen-bond donors (Lipinski definition) is 2. The minimum atomic E-state index is -1.22. The molecular weight excluding hydrogens is 248 g/mol. The van der Waals surface area contributed by atoms with E-state index in [2.05, 4.69) is 5.32 Å². The zero-order valence-electron chi connectivity index (χ0n) is 8.71. The zero-order chi connectivity index (χ0) is 12.8. The van der Waals surface area contributed by atoms with E-state index < -0.39 is 11.9 Å². The van der Waals surface area contributed by atoms with Crippen LogP contribution in [0.4, 0.5) is 4.79 Å². The molecule has 1 rings (SSSR count). The average molecular weight is 258 g/mol. The molecule has 0 saturated carbocycles. The maximum atomic E-state index is 11.2. The molecule has 1 aliphatic heterocycles. The molecule has 3 amide bonds. The van der Waals surface area contributed by atoms with Crippen LogP contribution in [-0.4, -0.2) is 51.9 Å². The van der Waals surface area contributed by atoms with E-state index in [9.17, 15) is 19.2 Å². The minimum absolute atomic E-state index is 0.0946. The van der Waals surface area contributed by atoms with E-state index >= 15 is 0 Å². The number of nitrogens with zero attached hydrogens (tertiary/aromatic N) is 1. The zero-order valence-corrected chi connectivity index (χ0v) is 9.53. The Balaban J connectivity index is 2.28. The Morgan fingerprint density at radius 1 is 1.41 bits per heavy atom. The molecule has 8 heteroatoms. The lowest BCUT2D eigenvalue weighted by molar-refractivity contribution is -0.131. The second-order valence-corrected chi connectivity index (χ2v) is 3.99. The van der Waals surface area contributed by atoms with Crippen LogP contribution >= 0.6 is 11.8 Å². The molecule has 92 valence electrons. The van der Waals surface area contributed by atoms with Gasteiger partial charge >= 0.3 is 5.97 Å². The second kappa shape index (κ2) is 6.04. The fourth-order valence-electron chi connectivity index (χ4n) is 1.09. The van der Waals surface area contributed by atoms with E-state index in [0.717, 1.165) is 22.7 Å². The number of carbonyl (C=O) groups excluding carboxylic acids is 3. The predicted octanol–water partition coefficient (Wildman–Crippen LogP) is -0.561. The largest absolute Gasteiger partial charge is 0.478 e. The number of carbonyl (C=O) groups is 4. The third-order valence-electron chi connectivity index (χ3n) is 1.85. The van der Waals surface area contributed by atoms with Gasteiger partial charge in [0.2, 0.25) is 11.8 Å². The lowest BCUT2D eigenvalue weighted by Gasteiger charge is -2.12. The number of imide groups is 1. The van der Waals surface area contributed by atoms with Gasteiger partial charge in [0.05, 0.1) is 5.75 Å². The first-order valence-corrected chi connectivity index (χ1v) is 5.65. The van der Waals surface area contributed by atoms with Crippen LogP contribution in [0.25, 0.3) is 0 Å². The molecule has 17 heavy (non-hydrogen) atoms. The normalized spacial score (nSPS) is 15.6. The van der Waals surface area contributed by atoms with Gasteiger partial charge in [0.1, 0.15) is 0 Å². The van der Waals surface area contributed by atoms with Crippen LogP contribution in [0.3, 0.4) is 0 Å². The molecule has 0 aromatic carbocycles. The standard InChI is InChI=1S/C9H10N2O5S/c12-6(1-2-8(14)15)10-3-4-11-7(13)5-17-9(11)16/h1-2H,3-5H2,(H,10,12)(H,14,15)/b2-1+. The highest BCUT2D eigenvalue weighted by atomic mass is 32.2. The Morgan fingerprint density at radius 2 is 2.12 bits per heavy atom. The van der Waals surface area contributed by atoms with Gasteiger partial charge in [-0.2, -0.15) is 0 Å². The van der Waals surface area contributed by atoms with Crippen molar-refractivity contribution in [1.82, 2.24) is 10.2 Å². The molecule has 2 N–H and O–H groups in total. The Bertz CT molecular complexity index is 377. The minimum Gasteiger partial charge on any atom is -0.478 e. The van der Waals surface area contributed by atoms with E-state index in [1.165, 1.54) is 0 Å². The number of aliphatic carboxylic acids is 1. The lowest BCUT2D eigenvalue weighted by Crippen LogP contribution is -2.37. The number of carboxylic acid groups (broad SMARTS) is 1. The van der Waals surface area contributed by atoms with Gasteiger partial charge in [0.15, 0.2) is 0 Å². The van der Waals surface area contributed by atoms with Crippen LogP contribution in [0.2, 0.25) is 0 Å². The summed E-state index contributed by atoms with van der Waals surface area (Å²) in [6.45, 7) is 0.193. The molecule has 0 aliphatic carbocycles. The summed E-state index contributed by atoms with van der Waals surface area (Å²) in [6, 6.07) is 0. The fourth-order valence-corrected chi connectivity index (χ4v) is 1.85. The Hall–Kier alpha value is -1.83. The van der Waals surface area contributed by atoms with Gasteiger partial charge in [-0.25, -0.2) is 4.79 Å². The third kappa shape index (κ3) is 4.27. The van der Waals surface area contributed by atoms with Gasteiger partial charge in [-0.1, -0.05) is 11.8 Å². The summed E-state index contributed by atoms with van der Waals surface area (Å²) in [5, 5.41) is 10.3. The van der Waals surface area contributed by atoms with Gasteiger partial charge in [0.25, 0.3) is 5.24 Å². The van der Waals surface area contributed by atoms with Crippen molar-refractivity contribution in [2.75, 3.05) is 18.8 Å². The van der Waals surface area contributed by atoms with Gasteiger partial charge < -0.3 is 10.4 Å². The molecule has 1 heterocycles. The van der Waals surface area contributed by atoms with Crippen molar-refractivity contribution >= 4 is 34.8 Å². The number of nitrogens with one attached hydrogen (secondary N) is 1. The lowest BCUT2D eigenvalue weighted by atomic mass is 10.4. The average Bonchev–Trinajstić information content (AvgIpc) is 2.57. The number of hydrogen-bond acceptors (Lipinski definition) is 5. The first-order chi connectivity index (χ1) is 8.00. The molecule has 1 fully saturated rings. The Kier molecular flexibility index (Phi) is 4.70. The van der Waals surface area contributed by atoms with Crippen LogP contribution in [0.15, 0.2) is 12.2 Å². The smallest absolute Gasteiger partial charge is 0.328 e. The van der Waals surface area contributed by atoms with Gasteiger partial charge in [-0.05, 0) is 0 Å². The first-order valence-electron chi connectivity index (χ1n) is 4.66. The molecular formula is C9H10N2O5S. The van der Waals surface area contributed by atoms with Gasteiger partial charge in [-0.15, -0.1) is 0 Å². The highest BCUT2D eigenvalue weighted by Gasteiger charge is 2.29. The van der Waals surface area contributed by atoms with Crippen LogP contribution in [0.1, 0.15) is 0 Å². The quantitative estimate of drug-likeness (QED) is 0.640. The molecule has 1 aliphatic rings. The summed E-state index contributed by atoms with van der Waals surface area (Å²) in [6.07, 6.45) is 1.57. The molecule has 7 nitrogen and oxygen atoms in total. The molecule has 0 bridgehead atoms. The number of thioether (sulfide) groups is 1. The molecule has 0 radical (unpaired) electrons. The maximum absolute atomic E-state index is 11.2. The summed E-state index contributed by atoms with van der Waals surface area (Å²) in [7, 11) is 0. The van der Waals surface area contributed by atoms with E-state index in [1.54, 1.807) is 0 Å². The van der Waals surface area contributed by atoms with Crippen LogP contribution < -0.4 is 5.32 Å². The van der Waals surface area contributed by atoms with E-state index in [4.69, 9.17) is 5.11 Å². The van der Waals surface area contributed by atoms with Crippen molar-refractivity contribution in [3.05, 3.63) is 12.2 Å². The summed E-state index contributed by atoms with van der Waals surface area (Å²) < 4.78 is 0. The van der Waals surface area contributed by atoms with Crippen molar-refractivity contribution in [3.8, 4) is 0 Å². The monoisotopic (exact) mass is 258 g/mol. The van der Waals surface area contributed by atoms with Crippen molar-refractivity contribution in [3.63, 3.8) is 0 Å². The van der Waals surface area contributed by atoms with E-state index in [-0.39, 0.29) is 30.0 Å². The van der Waals surface area contributed by atoms with Crippen molar-refractivity contribution in [2.45, 2.75) is 0 Å². The van der Waals surface area contributed by atoms with Crippen molar-refractivity contribution in [1.29, 1.82) is 0 Å². The molecule has 0 aromatic heterocycles. The van der Waals surface area contributed by atoms with Crippen molar-refractivity contribution in [2.24, 2.45) is 0 Å². The Labute approximate surface area is 101 Å². The van der Waals surface area contributed by atoms with Gasteiger partial charge in [0, 0.05) is 25.2 Å². The number of rotatable bonds is 5. The topological polar surface area (TPSA) is 104 Å². The maximum Gasteiger partial charge on any atom is 0.328 e. The van der Waals surface area contributed by atoms with Crippen molar-refractivity contribution < 1.29 is 24.3 Å². The highest BCUT2D eigenvalue weighted by molar-refractivity contribution is 8.14. The van der Waals surface area contributed by atoms with Crippen LogP contribution in [0, 0.1) is 0 Å². The summed E-state index contributed by atoms with van der Waals surface area (Å²) in [4.78, 5) is 44.5. The molecule has 0 atom stereocenters. The number of amides is 3. The second-order valence-electron chi connectivity index (χ2n) is 3.06. The van der Waals surface area contributed by atoms with Crippen LogP contribution in [-0.2, 0) is 14.4 Å². The first kappa shape index (κ1) is 13.2. The molecule has 0 unspecified atom stereocenters. The third-order valence-corrected chi connectivity index (χ3v) is 2.71. The number of carboxylic acids is 1. The van der Waals surface area contributed by atoms with E-state index in [1.807, 2.05) is 0 Å². The predicted molar refractivity (Wildman–Crippen MR) is 59.4 cm³/mol. The highest BCUT2D eigenvalue weighted by Crippen LogP contribution is 2.17. The summed E-state index contributed by atoms with van der Waals surface area (Å²) >= 11 is 0.920. The van der Waals surface area contributed by atoms with E-state index in [0.29, 0.717) is 6.08 Å². The van der Waals surface area contributed by atoms with Crippen LogP contribution in [0.5, 0.6) is 0 Å². The molecule has 0 aromatic rings. The SMILES string of the molecule is O=C(O)/C=C/C(=O)NCCN1C(=O)CSC1=O.